The number of ether oxygens (including phenoxy) is 3. The van der Waals surface area contributed by atoms with Crippen molar-refractivity contribution in [1.29, 1.82) is 0 Å². The SMILES string of the molecule is CCCCCCCCCCCCCCCCCCOC[C@H](COC(=O)C(C)[NH3+])OCc1ccccc1. The Morgan fingerprint density at radius 3 is 1.75 bits per heavy atom. The minimum atomic E-state index is -0.384. The molecule has 5 heteroatoms. The molecule has 0 saturated heterocycles. The zero-order valence-corrected chi connectivity index (χ0v) is 23.5. The molecule has 0 radical (unpaired) electrons. The molecule has 5 nitrogen and oxygen atoms in total. The lowest BCUT2D eigenvalue weighted by Crippen LogP contribution is -2.63. The average Bonchev–Trinajstić information content (AvgIpc) is 2.89. The van der Waals surface area contributed by atoms with Gasteiger partial charge in [-0.25, -0.2) is 4.79 Å². The van der Waals surface area contributed by atoms with Gasteiger partial charge in [0.05, 0.1) is 13.2 Å². The van der Waals surface area contributed by atoms with Crippen LogP contribution in [0.2, 0.25) is 0 Å². The number of carbonyl (C=O) groups is 1. The Balaban J connectivity index is 1.99. The summed E-state index contributed by atoms with van der Waals surface area (Å²) in [4.78, 5) is 11.8. The molecule has 1 unspecified atom stereocenters. The van der Waals surface area contributed by atoms with Crippen LogP contribution in [0, 0.1) is 0 Å². The molecular formula is C31H56NO4+. The second-order valence-corrected chi connectivity index (χ2v) is 10.3. The van der Waals surface area contributed by atoms with Crippen molar-refractivity contribution in [3.05, 3.63) is 35.9 Å². The van der Waals surface area contributed by atoms with Crippen molar-refractivity contribution in [2.45, 2.75) is 135 Å². The minimum absolute atomic E-state index is 0.199. The van der Waals surface area contributed by atoms with E-state index >= 15 is 0 Å². The van der Waals surface area contributed by atoms with Gasteiger partial charge in [-0.3, -0.25) is 0 Å². The molecule has 0 aliphatic heterocycles. The van der Waals surface area contributed by atoms with Gasteiger partial charge in [0, 0.05) is 6.61 Å². The summed E-state index contributed by atoms with van der Waals surface area (Å²) >= 11 is 0. The molecule has 208 valence electrons. The van der Waals surface area contributed by atoms with Crippen LogP contribution in [-0.4, -0.2) is 37.9 Å². The van der Waals surface area contributed by atoms with E-state index in [-0.39, 0.29) is 24.7 Å². The third-order valence-corrected chi connectivity index (χ3v) is 6.59. The number of benzene rings is 1. The molecule has 0 saturated carbocycles. The van der Waals surface area contributed by atoms with E-state index in [0.717, 1.165) is 18.6 Å². The van der Waals surface area contributed by atoms with Gasteiger partial charge in [-0.15, -0.1) is 0 Å². The summed E-state index contributed by atoms with van der Waals surface area (Å²) in [6, 6.07) is 9.64. The second-order valence-electron chi connectivity index (χ2n) is 10.3. The topological polar surface area (TPSA) is 72.4 Å². The van der Waals surface area contributed by atoms with Crippen LogP contribution in [0.25, 0.3) is 0 Å². The number of carbonyl (C=O) groups excluding carboxylic acids is 1. The zero-order chi connectivity index (χ0) is 26.1. The van der Waals surface area contributed by atoms with Crippen LogP contribution in [-0.2, 0) is 25.6 Å². The molecule has 36 heavy (non-hydrogen) atoms. The summed E-state index contributed by atoms with van der Waals surface area (Å²) in [7, 11) is 0. The standard InChI is InChI=1S/C31H55NO4/c1-3-4-5-6-7-8-9-10-11-12-13-14-15-16-17-21-24-34-26-30(27-36-31(33)28(2)32)35-25-29-22-19-18-20-23-29/h18-20,22-23,28,30H,3-17,21,24-27,32H2,1-2H3/p+1/t28?,30-/m1/s1. The van der Waals surface area contributed by atoms with Crippen molar-refractivity contribution in [1.82, 2.24) is 0 Å². The van der Waals surface area contributed by atoms with E-state index in [1.54, 1.807) is 6.92 Å². The minimum Gasteiger partial charge on any atom is -0.458 e. The van der Waals surface area contributed by atoms with Crippen molar-refractivity contribution in [3.63, 3.8) is 0 Å². The predicted molar refractivity (Wildman–Crippen MR) is 149 cm³/mol. The predicted octanol–water partition coefficient (Wildman–Crippen LogP) is 7.02. The summed E-state index contributed by atoms with van der Waals surface area (Å²) < 4.78 is 17.2. The maximum atomic E-state index is 11.8. The number of esters is 1. The van der Waals surface area contributed by atoms with Gasteiger partial charge < -0.3 is 19.9 Å². The maximum Gasteiger partial charge on any atom is 0.364 e. The first-order valence-corrected chi connectivity index (χ1v) is 14.9. The van der Waals surface area contributed by atoms with Gasteiger partial charge in [0.25, 0.3) is 0 Å². The van der Waals surface area contributed by atoms with Gasteiger partial charge in [-0.05, 0) is 18.9 Å². The van der Waals surface area contributed by atoms with E-state index < -0.39 is 0 Å². The van der Waals surface area contributed by atoms with Crippen molar-refractivity contribution in [2.75, 3.05) is 19.8 Å². The molecule has 0 aliphatic rings. The Kier molecular flexibility index (Phi) is 21.7. The molecule has 3 N–H and O–H groups in total. The normalized spacial score (nSPS) is 13.0. The van der Waals surface area contributed by atoms with Crippen LogP contribution in [0.4, 0.5) is 0 Å². The van der Waals surface area contributed by atoms with E-state index in [9.17, 15) is 4.79 Å². The van der Waals surface area contributed by atoms with Crippen molar-refractivity contribution in [2.24, 2.45) is 0 Å². The monoisotopic (exact) mass is 506 g/mol. The molecule has 0 bridgehead atoms. The highest BCUT2D eigenvalue weighted by atomic mass is 16.6. The Hall–Kier alpha value is -1.43. The third kappa shape index (κ3) is 19.7. The molecule has 0 heterocycles. The van der Waals surface area contributed by atoms with E-state index in [0.29, 0.717) is 13.2 Å². The van der Waals surface area contributed by atoms with Crippen LogP contribution < -0.4 is 5.73 Å². The molecule has 1 aromatic rings. The van der Waals surface area contributed by atoms with Crippen LogP contribution in [0.1, 0.15) is 122 Å². The van der Waals surface area contributed by atoms with Crippen LogP contribution in [0.5, 0.6) is 0 Å². The first-order valence-electron chi connectivity index (χ1n) is 14.9. The Morgan fingerprint density at radius 1 is 0.750 bits per heavy atom. The largest absolute Gasteiger partial charge is 0.458 e. The van der Waals surface area contributed by atoms with Crippen LogP contribution in [0.15, 0.2) is 30.3 Å². The molecule has 0 fully saturated rings. The first kappa shape index (κ1) is 32.6. The highest BCUT2D eigenvalue weighted by Gasteiger charge is 2.17. The highest BCUT2D eigenvalue weighted by Crippen LogP contribution is 2.14. The smallest absolute Gasteiger partial charge is 0.364 e. The Morgan fingerprint density at radius 2 is 1.25 bits per heavy atom. The Bertz CT molecular complexity index is 608. The fourth-order valence-electron chi connectivity index (χ4n) is 4.22. The van der Waals surface area contributed by atoms with E-state index in [1.165, 1.54) is 96.3 Å². The molecule has 0 aromatic heterocycles. The highest BCUT2D eigenvalue weighted by molar-refractivity contribution is 5.73. The number of hydrogen-bond acceptors (Lipinski definition) is 4. The van der Waals surface area contributed by atoms with Crippen molar-refractivity contribution >= 4 is 5.97 Å². The summed E-state index contributed by atoms with van der Waals surface area (Å²) in [5, 5.41) is 0. The lowest BCUT2D eigenvalue weighted by molar-refractivity contribution is -0.403. The molecule has 0 amide bonds. The van der Waals surface area contributed by atoms with Gasteiger partial charge >= 0.3 is 5.97 Å². The van der Waals surface area contributed by atoms with Crippen LogP contribution >= 0.6 is 0 Å². The lowest BCUT2D eigenvalue weighted by Gasteiger charge is -2.18. The molecule has 2 atom stereocenters. The lowest BCUT2D eigenvalue weighted by atomic mass is 10.0. The fraction of sp³-hybridized carbons (Fsp3) is 0.774. The molecule has 0 spiro atoms. The summed E-state index contributed by atoms with van der Waals surface area (Å²) in [5.74, 6) is -0.305. The zero-order valence-electron chi connectivity index (χ0n) is 23.5. The summed E-state index contributed by atoms with van der Waals surface area (Å²) in [6.07, 6.45) is 21.6. The average molecular weight is 507 g/mol. The van der Waals surface area contributed by atoms with Crippen molar-refractivity contribution < 1.29 is 24.7 Å². The number of unbranched alkanes of at least 4 members (excludes halogenated alkanes) is 15. The van der Waals surface area contributed by atoms with E-state index in [2.05, 4.69) is 12.7 Å². The first-order chi connectivity index (χ1) is 17.6. The van der Waals surface area contributed by atoms with Gasteiger partial charge in [0.15, 0.2) is 6.04 Å². The summed E-state index contributed by atoms with van der Waals surface area (Å²) in [6.45, 7) is 5.85. The van der Waals surface area contributed by atoms with Gasteiger partial charge in [0.1, 0.15) is 12.7 Å². The van der Waals surface area contributed by atoms with Crippen molar-refractivity contribution in [3.8, 4) is 0 Å². The van der Waals surface area contributed by atoms with Gasteiger partial charge in [0.2, 0.25) is 0 Å². The van der Waals surface area contributed by atoms with E-state index in [1.807, 2.05) is 30.3 Å². The summed E-state index contributed by atoms with van der Waals surface area (Å²) in [5.41, 5.74) is 4.81. The molecular weight excluding hydrogens is 450 g/mol. The number of quaternary nitrogens is 1. The molecule has 1 aromatic carbocycles. The van der Waals surface area contributed by atoms with E-state index in [4.69, 9.17) is 14.2 Å². The van der Waals surface area contributed by atoms with Gasteiger partial charge in [-0.1, -0.05) is 134 Å². The number of hydrogen-bond donors (Lipinski definition) is 1. The molecule has 1 rings (SSSR count). The fourth-order valence-corrected chi connectivity index (χ4v) is 4.22. The number of rotatable bonds is 25. The van der Waals surface area contributed by atoms with Gasteiger partial charge in [-0.2, -0.15) is 0 Å². The second kappa shape index (κ2) is 23.9. The Labute approximate surface area is 221 Å². The third-order valence-electron chi connectivity index (χ3n) is 6.59. The molecule has 0 aliphatic carbocycles. The maximum absolute atomic E-state index is 11.8. The quantitative estimate of drug-likeness (QED) is 0.114. The van der Waals surface area contributed by atoms with Crippen LogP contribution in [0.3, 0.4) is 0 Å².